The van der Waals surface area contributed by atoms with Crippen molar-refractivity contribution in [3.05, 3.63) is 68.9 Å². The van der Waals surface area contributed by atoms with Crippen LogP contribution in [0.4, 0.5) is 0 Å². The van der Waals surface area contributed by atoms with Crippen molar-refractivity contribution in [2.45, 2.75) is 19.4 Å². The van der Waals surface area contributed by atoms with Crippen molar-refractivity contribution in [2.75, 3.05) is 0 Å². The summed E-state index contributed by atoms with van der Waals surface area (Å²) in [4.78, 5) is 1.03. The molecular weight excluding hydrogens is 288 g/mol. The lowest BCUT2D eigenvalue weighted by atomic mass is 9.98. The van der Waals surface area contributed by atoms with Crippen LogP contribution in [0.3, 0.4) is 0 Å². The first-order valence-electron chi connectivity index (χ1n) is 6.64. The highest BCUT2D eigenvalue weighted by Gasteiger charge is 2.18. The van der Waals surface area contributed by atoms with Crippen LogP contribution >= 0.6 is 22.9 Å². The summed E-state index contributed by atoms with van der Waals surface area (Å²) >= 11 is 7.84. The standard InChI is InChI=1S/C17H15ClOS/c1-2-11-9-10-20-17(11)16(19)14-7-8-15(18)13-6-4-3-5-12(13)14/h3-10,16,19H,2H2,1H3. The van der Waals surface area contributed by atoms with Gasteiger partial charge in [-0.05, 0) is 40.4 Å². The Morgan fingerprint density at radius 1 is 1.10 bits per heavy atom. The molecule has 0 fully saturated rings. The maximum absolute atomic E-state index is 10.7. The Kier molecular flexibility index (Phi) is 3.79. The molecule has 0 amide bonds. The number of fused-ring (bicyclic) bond motifs is 1. The molecule has 0 aliphatic carbocycles. The molecule has 1 aromatic heterocycles. The molecule has 3 aromatic rings. The topological polar surface area (TPSA) is 20.2 Å². The summed E-state index contributed by atoms with van der Waals surface area (Å²) in [5.74, 6) is 0. The highest BCUT2D eigenvalue weighted by atomic mass is 35.5. The predicted molar refractivity (Wildman–Crippen MR) is 86.7 cm³/mol. The largest absolute Gasteiger partial charge is 0.383 e. The first kappa shape index (κ1) is 13.6. The second kappa shape index (κ2) is 5.57. The van der Waals surface area contributed by atoms with Gasteiger partial charge in [0, 0.05) is 15.3 Å². The summed E-state index contributed by atoms with van der Waals surface area (Å²) in [5.41, 5.74) is 2.13. The van der Waals surface area contributed by atoms with Gasteiger partial charge in [0.2, 0.25) is 0 Å². The molecule has 1 atom stereocenters. The number of aliphatic hydroxyl groups excluding tert-OH is 1. The number of hydrogen-bond acceptors (Lipinski definition) is 2. The number of rotatable bonds is 3. The van der Waals surface area contributed by atoms with Gasteiger partial charge in [0.15, 0.2) is 0 Å². The van der Waals surface area contributed by atoms with Crippen molar-refractivity contribution in [1.29, 1.82) is 0 Å². The summed E-state index contributed by atoms with van der Waals surface area (Å²) < 4.78 is 0. The summed E-state index contributed by atoms with van der Waals surface area (Å²) in [6.45, 7) is 2.11. The number of halogens is 1. The minimum Gasteiger partial charge on any atom is -0.383 e. The van der Waals surface area contributed by atoms with Gasteiger partial charge in [0.25, 0.3) is 0 Å². The number of aliphatic hydroxyl groups is 1. The van der Waals surface area contributed by atoms with E-state index in [0.717, 1.165) is 32.7 Å². The van der Waals surface area contributed by atoms with Gasteiger partial charge in [0.05, 0.1) is 0 Å². The molecule has 0 saturated heterocycles. The minimum atomic E-state index is -0.591. The maximum atomic E-state index is 10.7. The van der Waals surface area contributed by atoms with E-state index in [1.54, 1.807) is 11.3 Å². The molecule has 0 aliphatic heterocycles. The fourth-order valence-corrected chi connectivity index (χ4v) is 3.77. The lowest BCUT2D eigenvalue weighted by Crippen LogP contribution is -2.01. The van der Waals surface area contributed by atoms with Crippen LogP contribution in [-0.4, -0.2) is 5.11 Å². The van der Waals surface area contributed by atoms with Crippen LogP contribution < -0.4 is 0 Å². The van der Waals surface area contributed by atoms with Gasteiger partial charge in [-0.15, -0.1) is 11.3 Å². The summed E-state index contributed by atoms with van der Waals surface area (Å²) in [7, 11) is 0. The Bertz CT molecular complexity index is 748. The monoisotopic (exact) mass is 302 g/mol. The summed E-state index contributed by atoms with van der Waals surface area (Å²) in [5, 5.41) is 15.5. The fourth-order valence-electron chi connectivity index (χ4n) is 2.54. The third-order valence-corrected chi connectivity index (χ3v) is 4.95. The molecule has 0 spiro atoms. The van der Waals surface area contributed by atoms with Gasteiger partial charge in [-0.2, -0.15) is 0 Å². The van der Waals surface area contributed by atoms with Crippen molar-refractivity contribution in [3.8, 4) is 0 Å². The molecule has 1 nitrogen and oxygen atoms in total. The first-order valence-corrected chi connectivity index (χ1v) is 7.89. The highest BCUT2D eigenvalue weighted by molar-refractivity contribution is 7.10. The Morgan fingerprint density at radius 2 is 1.85 bits per heavy atom. The Morgan fingerprint density at radius 3 is 2.60 bits per heavy atom. The van der Waals surface area contributed by atoms with Crippen molar-refractivity contribution in [2.24, 2.45) is 0 Å². The normalized spacial score (nSPS) is 12.8. The first-order chi connectivity index (χ1) is 9.72. The molecule has 102 valence electrons. The second-order valence-electron chi connectivity index (χ2n) is 4.75. The van der Waals surface area contributed by atoms with Crippen molar-refractivity contribution >= 4 is 33.7 Å². The van der Waals surface area contributed by atoms with Crippen molar-refractivity contribution < 1.29 is 5.11 Å². The zero-order valence-corrected chi connectivity index (χ0v) is 12.7. The third kappa shape index (κ3) is 2.24. The molecule has 0 aliphatic rings. The van der Waals surface area contributed by atoms with E-state index in [2.05, 4.69) is 13.0 Å². The Balaban J connectivity index is 2.17. The molecule has 0 saturated carbocycles. The highest BCUT2D eigenvalue weighted by Crippen LogP contribution is 2.36. The molecule has 1 unspecified atom stereocenters. The van der Waals surface area contributed by atoms with Gasteiger partial charge in [-0.3, -0.25) is 0 Å². The van der Waals surface area contributed by atoms with E-state index in [1.807, 2.05) is 41.8 Å². The number of aryl methyl sites for hydroxylation is 1. The predicted octanol–water partition coefficient (Wildman–Crippen LogP) is 5.20. The van der Waals surface area contributed by atoms with Gasteiger partial charge < -0.3 is 5.11 Å². The number of thiophene rings is 1. The summed E-state index contributed by atoms with van der Waals surface area (Å²) in [6.07, 6.45) is 0.341. The van der Waals surface area contributed by atoms with E-state index in [0.29, 0.717) is 0 Å². The van der Waals surface area contributed by atoms with Gasteiger partial charge in [0.1, 0.15) is 6.10 Å². The van der Waals surface area contributed by atoms with E-state index < -0.39 is 6.10 Å². The molecular formula is C17H15ClOS. The molecule has 2 aromatic carbocycles. The average Bonchev–Trinajstić information content (AvgIpc) is 2.96. The van der Waals surface area contributed by atoms with Gasteiger partial charge in [-0.25, -0.2) is 0 Å². The van der Waals surface area contributed by atoms with Gasteiger partial charge in [-0.1, -0.05) is 48.9 Å². The zero-order valence-electron chi connectivity index (χ0n) is 11.1. The van der Waals surface area contributed by atoms with E-state index >= 15 is 0 Å². The Hall–Kier alpha value is -1.35. The molecule has 1 N–H and O–H groups in total. The molecule has 3 rings (SSSR count). The number of hydrogen-bond donors (Lipinski definition) is 1. The van der Waals surface area contributed by atoms with E-state index in [1.165, 1.54) is 5.56 Å². The van der Waals surface area contributed by atoms with Crippen LogP contribution in [0, 0.1) is 0 Å². The van der Waals surface area contributed by atoms with E-state index in [-0.39, 0.29) is 0 Å². The lowest BCUT2D eigenvalue weighted by Gasteiger charge is -2.15. The van der Waals surface area contributed by atoms with Crippen LogP contribution in [-0.2, 0) is 6.42 Å². The minimum absolute atomic E-state index is 0.591. The molecule has 0 bridgehead atoms. The van der Waals surface area contributed by atoms with Crippen LogP contribution in [0.25, 0.3) is 10.8 Å². The maximum Gasteiger partial charge on any atom is 0.114 e. The molecule has 0 radical (unpaired) electrons. The Labute approximate surface area is 127 Å². The second-order valence-corrected chi connectivity index (χ2v) is 6.10. The number of benzene rings is 2. The quantitative estimate of drug-likeness (QED) is 0.705. The molecule has 3 heteroatoms. The average molecular weight is 303 g/mol. The summed E-state index contributed by atoms with van der Waals surface area (Å²) in [6, 6.07) is 13.8. The van der Waals surface area contributed by atoms with Crippen LogP contribution in [0.2, 0.25) is 5.02 Å². The molecule has 20 heavy (non-hydrogen) atoms. The van der Waals surface area contributed by atoms with E-state index in [4.69, 9.17) is 11.6 Å². The van der Waals surface area contributed by atoms with Crippen LogP contribution in [0.1, 0.15) is 29.0 Å². The molecule has 1 heterocycles. The SMILES string of the molecule is CCc1ccsc1C(O)c1ccc(Cl)c2ccccc12. The van der Waals surface area contributed by atoms with Crippen molar-refractivity contribution in [3.63, 3.8) is 0 Å². The lowest BCUT2D eigenvalue weighted by molar-refractivity contribution is 0.225. The van der Waals surface area contributed by atoms with Crippen LogP contribution in [0.5, 0.6) is 0 Å². The van der Waals surface area contributed by atoms with Crippen molar-refractivity contribution in [1.82, 2.24) is 0 Å². The smallest absolute Gasteiger partial charge is 0.114 e. The fraction of sp³-hybridized carbons (Fsp3) is 0.176. The zero-order chi connectivity index (χ0) is 14.1. The van der Waals surface area contributed by atoms with Crippen LogP contribution in [0.15, 0.2) is 47.8 Å². The van der Waals surface area contributed by atoms with E-state index in [9.17, 15) is 5.11 Å². The third-order valence-electron chi connectivity index (χ3n) is 3.61. The van der Waals surface area contributed by atoms with Gasteiger partial charge >= 0.3 is 0 Å².